The van der Waals surface area contributed by atoms with E-state index in [0.29, 0.717) is 25.2 Å². The third-order valence-corrected chi connectivity index (χ3v) is 5.32. The summed E-state index contributed by atoms with van der Waals surface area (Å²) in [5.41, 5.74) is 6.64. The Kier molecular flexibility index (Phi) is 4.36. The lowest BCUT2D eigenvalue weighted by atomic mass is 10.1. The quantitative estimate of drug-likeness (QED) is 0.747. The van der Waals surface area contributed by atoms with Gasteiger partial charge in [-0.1, -0.05) is 24.3 Å². The van der Waals surface area contributed by atoms with Crippen molar-refractivity contribution < 1.29 is 9.90 Å². The van der Waals surface area contributed by atoms with E-state index in [1.807, 2.05) is 42.6 Å². The number of amides is 1. The highest BCUT2D eigenvalue weighted by molar-refractivity contribution is 5.96. The van der Waals surface area contributed by atoms with Gasteiger partial charge in [-0.15, -0.1) is 0 Å². The number of nitrogens with zero attached hydrogens (tertiary/aromatic N) is 3. The van der Waals surface area contributed by atoms with Gasteiger partial charge < -0.3 is 19.7 Å². The summed E-state index contributed by atoms with van der Waals surface area (Å²) in [6.45, 7) is 7.51. The predicted molar refractivity (Wildman–Crippen MR) is 105 cm³/mol. The van der Waals surface area contributed by atoms with Crippen molar-refractivity contribution in [1.82, 2.24) is 14.3 Å². The van der Waals surface area contributed by atoms with Gasteiger partial charge in [-0.25, -0.2) is 4.98 Å². The third-order valence-electron chi connectivity index (χ3n) is 5.32. The Hall–Kier alpha value is -2.86. The summed E-state index contributed by atoms with van der Waals surface area (Å²) in [5, 5.41) is 13.0. The largest absolute Gasteiger partial charge is 0.389 e. The van der Waals surface area contributed by atoms with Crippen LogP contribution in [0.1, 0.15) is 32.9 Å². The molecule has 4 rings (SSSR count). The second kappa shape index (κ2) is 6.70. The predicted octanol–water partition coefficient (Wildman–Crippen LogP) is 2.69. The molecule has 6 nitrogen and oxygen atoms in total. The van der Waals surface area contributed by atoms with Crippen LogP contribution < -0.4 is 5.32 Å². The molecule has 3 aromatic rings. The highest BCUT2D eigenvalue weighted by atomic mass is 16.3. The standard InChI is InChI=1S/C21H24N4O2/c1-13-6-4-5-7-16(13)9-22-19-8-17(21(27)24-11-18(26)12-24)10-25-15(3)14(2)23-20(19)25/h4-8,10,18,22,26H,9,11-12H2,1-3H3. The lowest BCUT2D eigenvalue weighted by Gasteiger charge is -2.35. The van der Waals surface area contributed by atoms with Gasteiger partial charge in [0, 0.05) is 31.5 Å². The van der Waals surface area contributed by atoms with Crippen molar-refractivity contribution in [3.05, 3.63) is 64.6 Å². The maximum Gasteiger partial charge on any atom is 0.255 e. The second-order valence-electron chi connectivity index (χ2n) is 7.26. The molecular formula is C21H24N4O2. The van der Waals surface area contributed by atoms with E-state index in [2.05, 4.69) is 29.4 Å². The number of nitrogens with one attached hydrogen (secondary N) is 1. The van der Waals surface area contributed by atoms with E-state index >= 15 is 0 Å². The summed E-state index contributed by atoms with van der Waals surface area (Å²) < 4.78 is 1.97. The minimum absolute atomic E-state index is 0.0631. The van der Waals surface area contributed by atoms with Gasteiger partial charge >= 0.3 is 0 Å². The molecule has 0 spiro atoms. The monoisotopic (exact) mass is 364 g/mol. The van der Waals surface area contributed by atoms with Crippen molar-refractivity contribution in [1.29, 1.82) is 0 Å². The SMILES string of the molecule is Cc1ccccc1CNc1cc(C(=O)N2CC(O)C2)cn2c(C)c(C)nc12. The van der Waals surface area contributed by atoms with E-state index in [4.69, 9.17) is 0 Å². The Labute approximate surface area is 158 Å². The van der Waals surface area contributed by atoms with Crippen LogP contribution in [0.2, 0.25) is 0 Å². The molecule has 0 saturated carbocycles. The first-order valence-corrected chi connectivity index (χ1v) is 9.19. The highest BCUT2D eigenvalue weighted by Gasteiger charge is 2.30. The summed E-state index contributed by atoms with van der Waals surface area (Å²) in [6.07, 6.45) is 1.44. The average molecular weight is 364 g/mol. The molecule has 0 bridgehead atoms. The summed E-state index contributed by atoms with van der Waals surface area (Å²) >= 11 is 0. The lowest BCUT2D eigenvalue weighted by molar-refractivity contribution is 0.00586. The number of aromatic nitrogens is 2. The number of hydrogen-bond acceptors (Lipinski definition) is 4. The number of carbonyl (C=O) groups is 1. The van der Waals surface area contributed by atoms with Crippen LogP contribution in [0.4, 0.5) is 5.69 Å². The fourth-order valence-electron chi connectivity index (χ4n) is 3.42. The Morgan fingerprint density at radius 2 is 2.00 bits per heavy atom. The molecule has 1 aromatic carbocycles. The number of aliphatic hydroxyl groups is 1. The van der Waals surface area contributed by atoms with E-state index in [-0.39, 0.29) is 5.91 Å². The van der Waals surface area contributed by atoms with Crippen LogP contribution >= 0.6 is 0 Å². The van der Waals surface area contributed by atoms with Gasteiger partial charge in [-0.2, -0.15) is 0 Å². The smallest absolute Gasteiger partial charge is 0.255 e. The summed E-state index contributed by atoms with van der Waals surface area (Å²) in [6, 6.07) is 10.1. The van der Waals surface area contributed by atoms with E-state index < -0.39 is 6.10 Å². The van der Waals surface area contributed by atoms with Gasteiger partial charge in [-0.05, 0) is 38.0 Å². The Morgan fingerprint density at radius 1 is 1.26 bits per heavy atom. The Bertz CT molecular complexity index is 1020. The summed E-state index contributed by atoms with van der Waals surface area (Å²) in [4.78, 5) is 19.1. The summed E-state index contributed by atoms with van der Waals surface area (Å²) in [5.74, 6) is -0.0631. The molecule has 1 saturated heterocycles. The molecule has 1 aliphatic rings. The summed E-state index contributed by atoms with van der Waals surface area (Å²) in [7, 11) is 0. The molecule has 1 aliphatic heterocycles. The lowest BCUT2D eigenvalue weighted by Crippen LogP contribution is -2.53. The number of aryl methyl sites for hydroxylation is 3. The fourth-order valence-corrected chi connectivity index (χ4v) is 3.42. The Morgan fingerprint density at radius 3 is 2.70 bits per heavy atom. The van der Waals surface area contributed by atoms with Crippen molar-refractivity contribution >= 4 is 17.2 Å². The molecule has 0 atom stereocenters. The fraction of sp³-hybridized carbons (Fsp3) is 0.333. The van der Waals surface area contributed by atoms with Gasteiger partial charge in [0.25, 0.3) is 5.91 Å². The maximum absolute atomic E-state index is 12.8. The normalized spacial score (nSPS) is 14.4. The first-order chi connectivity index (χ1) is 12.9. The van der Waals surface area contributed by atoms with Gasteiger partial charge in [0.1, 0.15) is 0 Å². The highest BCUT2D eigenvalue weighted by Crippen LogP contribution is 2.24. The van der Waals surface area contributed by atoms with Crippen LogP contribution in [-0.4, -0.2) is 44.5 Å². The van der Waals surface area contributed by atoms with E-state index in [1.165, 1.54) is 11.1 Å². The first kappa shape index (κ1) is 17.5. The molecule has 0 aliphatic carbocycles. The molecule has 1 amide bonds. The number of anilines is 1. The number of hydrogen-bond donors (Lipinski definition) is 2. The zero-order chi connectivity index (χ0) is 19.1. The molecule has 3 heterocycles. The van der Waals surface area contributed by atoms with E-state index in [1.54, 1.807) is 4.90 Å². The maximum atomic E-state index is 12.8. The van der Waals surface area contributed by atoms with Crippen molar-refractivity contribution in [3.63, 3.8) is 0 Å². The Balaban J connectivity index is 1.70. The molecular weight excluding hydrogens is 340 g/mol. The van der Waals surface area contributed by atoms with Crippen molar-refractivity contribution in [2.24, 2.45) is 0 Å². The van der Waals surface area contributed by atoms with Crippen molar-refractivity contribution in [2.45, 2.75) is 33.4 Å². The molecule has 2 aromatic heterocycles. The molecule has 0 radical (unpaired) electrons. The van der Waals surface area contributed by atoms with Crippen LogP contribution in [-0.2, 0) is 6.54 Å². The number of β-amino-alcohol motifs (C(OH)–C–C–N with tert-alkyl or cyclic N) is 1. The van der Waals surface area contributed by atoms with Gasteiger partial charge in [0.2, 0.25) is 0 Å². The van der Waals surface area contributed by atoms with Crippen LogP contribution in [0.5, 0.6) is 0 Å². The number of aliphatic hydroxyl groups excluding tert-OH is 1. The number of benzene rings is 1. The number of pyridine rings is 1. The number of fused-ring (bicyclic) bond motifs is 1. The average Bonchev–Trinajstić information content (AvgIpc) is 2.92. The van der Waals surface area contributed by atoms with Crippen LogP contribution in [0.3, 0.4) is 0 Å². The van der Waals surface area contributed by atoms with E-state index in [9.17, 15) is 9.90 Å². The zero-order valence-corrected chi connectivity index (χ0v) is 15.9. The van der Waals surface area contributed by atoms with Gasteiger partial charge in [-0.3, -0.25) is 4.79 Å². The third kappa shape index (κ3) is 3.17. The molecule has 140 valence electrons. The minimum atomic E-state index is -0.409. The second-order valence-corrected chi connectivity index (χ2v) is 7.26. The number of imidazole rings is 1. The molecule has 6 heteroatoms. The van der Waals surface area contributed by atoms with Crippen LogP contribution in [0.25, 0.3) is 5.65 Å². The van der Waals surface area contributed by atoms with Crippen LogP contribution in [0.15, 0.2) is 36.5 Å². The number of likely N-dealkylation sites (tertiary alicyclic amines) is 1. The molecule has 27 heavy (non-hydrogen) atoms. The van der Waals surface area contributed by atoms with Crippen molar-refractivity contribution in [2.75, 3.05) is 18.4 Å². The number of carbonyl (C=O) groups excluding carboxylic acids is 1. The van der Waals surface area contributed by atoms with E-state index in [0.717, 1.165) is 22.7 Å². The van der Waals surface area contributed by atoms with Gasteiger partial charge in [0.15, 0.2) is 5.65 Å². The molecule has 2 N–H and O–H groups in total. The van der Waals surface area contributed by atoms with Gasteiger partial charge in [0.05, 0.1) is 23.0 Å². The van der Waals surface area contributed by atoms with Crippen LogP contribution in [0, 0.1) is 20.8 Å². The molecule has 0 unspecified atom stereocenters. The van der Waals surface area contributed by atoms with Crippen molar-refractivity contribution in [3.8, 4) is 0 Å². The zero-order valence-electron chi connectivity index (χ0n) is 15.9. The molecule has 1 fully saturated rings. The topological polar surface area (TPSA) is 69.9 Å². The number of rotatable bonds is 4. The first-order valence-electron chi connectivity index (χ1n) is 9.19. The minimum Gasteiger partial charge on any atom is -0.389 e.